The van der Waals surface area contributed by atoms with Gasteiger partial charge in [0.2, 0.25) is 5.91 Å². The average Bonchev–Trinajstić information content (AvgIpc) is 2.83. The second-order valence-corrected chi connectivity index (χ2v) is 8.25. The Morgan fingerprint density at radius 1 is 1.15 bits per heavy atom. The lowest BCUT2D eigenvalue weighted by Crippen LogP contribution is -2.56. The zero-order chi connectivity index (χ0) is 23.5. The summed E-state index contributed by atoms with van der Waals surface area (Å²) in [7, 11) is 3.23. The third-order valence-electron chi connectivity index (χ3n) is 5.98. The second-order valence-electron chi connectivity index (χ2n) is 7.87. The van der Waals surface area contributed by atoms with Crippen LogP contribution in [0.3, 0.4) is 0 Å². The van der Waals surface area contributed by atoms with E-state index in [1.54, 1.807) is 45.4 Å². The summed E-state index contributed by atoms with van der Waals surface area (Å²) in [4.78, 5) is 28.6. The molecule has 0 aromatic heterocycles. The third-order valence-corrected chi connectivity index (χ3v) is 6.34. The van der Waals surface area contributed by atoms with Crippen LogP contribution in [-0.4, -0.2) is 67.2 Å². The zero-order valence-corrected chi connectivity index (χ0v) is 19.7. The monoisotopic (exact) mass is 469 g/mol. The smallest absolute Gasteiger partial charge is 0.338 e. The Hall–Kier alpha value is -3.33. The molecular formula is C24H27N3O5S. The lowest BCUT2D eigenvalue weighted by Gasteiger charge is -2.45. The highest BCUT2D eigenvalue weighted by molar-refractivity contribution is 7.80. The van der Waals surface area contributed by atoms with Crippen molar-refractivity contribution < 1.29 is 23.8 Å². The quantitative estimate of drug-likeness (QED) is 0.529. The fraction of sp³-hybridized carbons (Fsp3) is 0.375. The Bertz CT molecular complexity index is 1070. The van der Waals surface area contributed by atoms with E-state index in [-0.39, 0.29) is 24.5 Å². The third kappa shape index (κ3) is 4.59. The summed E-state index contributed by atoms with van der Waals surface area (Å²) >= 11 is 5.62. The molecule has 2 aliphatic heterocycles. The predicted molar refractivity (Wildman–Crippen MR) is 128 cm³/mol. The molecule has 0 radical (unpaired) electrons. The first-order chi connectivity index (χ1) is 15.9. The minimum atomic E-state index is -0.364. The SMILES string of the molecule is CCOC(=O)c1ccc(NC(=S)N2CC(=O)N3CCc4cc(OC)c(OC)cc4[C@@H]3C2)cc1. The number of nitrogens with one attached hydrogen (secondary N) is 1. The summed E-state index contributed by atoms with van der Waals surface area (Å²) in [6, 6.07) is 10.7. The van der Waals surface area contributed by atoms with Gasteiger partial charge in [-0.1, -0.05) is 0 Å². The average molecular weight is 470 g/mol. The van der Waals surface area contributed by atoms with Gasteiger partial charge in [-0.25, -0.2) is 4.79 Å². The molecule has 0 unspecified atom stereocenters. The molecule has 2 heterocycles. The molecule has 0 spiro atoms. The maximum atomic E-state index is 13.0. The first-order valence-electron chi connectivity index (χ1n) is 10.8. The molecule has 1 fully saturated rings. The van der Waals surface area contributed by atoms with E-state index in [2.05, 4.69) is 5.32 Å². The number of carbonyl (C=O) groups excluding carboxylic acids is 2. The van der Waals surface area contributed by atoms with Crippen LogP contribution in [-0.2, 0) is 16.0 Å². The number of esters is 1. The van der Waals surface area contributed by atoms with E-state index in [9.17, 15) is 9.59 Å². The van der Waals surface area contributed by atoms with E-state index < -0.39 is 0 Å². The Labute approximate surface area is 198 Å². The Kier molecular flexibility index (Phi) is 6.69. The van der Waals surface area contributed by atoms with Crippen LogP contribution < -0.4 is 14.8 Å². The van der Waals surface area contributed by atoms with E-state index in [1.807, 2.05) is 21.9 Å². The van der Waals surface area contributed by atoms with Crippen molar-refractivity contribution in [1.29, 1.82) is 0 Å². The summed E-state index contributed by atoms with van der Waals surface area (Å²) in [5.74, 6) is 1.00. The Morgan fingerprint density at radius 3 is 2.52 bits per heavy atom. The molecular weight excluding hydrogens is 442 g/mol. The van der Waals surface area contributed by atoms with Crippen LogP contribution >= 0.6 is 12.2 Å². The van der Waals surface area contributed by atoms with Crippen LogP contribution in [0.15, 0.2) is 36.4 Å². The summed E-state index contributed by atoms with van der Waals surface area (Å²) in [6.45, 7) is 3.54. The number of ether oxygens (including phenoxy) is 3. The molecule has 9 heteroatoms. The van der Waals surface area contributed by atoms with Gasteiger partial charge in [0.25, 0.3) is 0 Å². The molecule has 2 aliphatic rings. The standard InChI is InChI=1S/C24H27N3O5S/c1-4-32-23(29)15-5-7-17(8-6-15)25-24(33)26-13-19-18-12-21(31-3)20(30-2)11-16(18)9-10-27(19)22(28)14-26/h5-8,11-12,19H,4,9-10,13-14H2,1-3H3,(H,25,33)/t19-/m0/s1. The molecule has 4 rings (SSSR count). The van der Waals surface area contributed by atoms with E-state index in [0.717, 1.165) is 23.2 Å². The van der Waals surface area contributed by atoms with Crippen LogP contribution in [0.4, 0.5) is 5.69 Å². The number of hydrogen-bond donors (Lipinski definition) is 1. The van der Waals surface area contributed by atoms with Gasteiger partial charge in [-0.2, -0.15) is 0 Å². The van der Waals surface area contributed by atoms with Gasteiger partial charge in [0.1, 0.15) is 0 Å². The molecule has 0 bridgehead atoms. The highest BCUT2D eigenvalue weighted by atomic mass is 32.1. The van der Waals surface area contributed by atoms with Crippen molar-refractivity contribution in [2.75, 3.05) is 45.8 Å². The fourth-order valence-electron chi connectivity index (χ4n) is 4.31. The highest BCUT2D eigenvalue weighted by Gasteiger charge is 2.38. The van der Waals surface area contributed by atoms with Gasteiger partial charge in [-0.15, -0.1) is 0 Å². The second kappa shape index (κ2) is 9.66. The van der Waals surface area contributed by atoms with Crippen molar-refractivity contribution in [3.05, 3.63) is 53.1 Å². The zero-order valence-electron chi connectivity index (χ0n) is 18.9. The Morgan fingerprint density at radius 2 is 1.85 bits per heavy atom. The van der Waals surface area contributed by atoms with Crippen molar-refractivity contribution in [3.8, 4) is 11.5 Å². The maximum absolute atomic E-state index is 13.0. The number of hydrogen-bond acceptors (Lipinski definition) is 6. The van der Waals surface area contributed by atoms with Crippen LogP contribution in [0.1, 0.15) is 34.5 Å². The van der Waals surface area contributed by atoms with Crippen molar-refractivity contribution in [2.45, 2.75) is 19.4 Å². The number of thiocarbonyl (C=S) groups is 1. The highest BCUT2D eigenvalue weighted by Crippen LogP contribution is 2.39. The van der Waals surface area contributed by atoms with Crippen LogP contribution in [0, 0.1) is 0 Å². The maximum Gasteiger partial charge on any atom is 0.338 e. The molecule has 8 nitrogen and oxygen atoms in total. The first kappa shape index (κ1) is 22.8. The van der Waals surface area contributed by atoms with Crippen molar-refractivity contribution in [3.63, 3.8) is 0 Å². The predicted octanol–water partition coefficient (Wildman–Crippen LogP) is 3.02. The van der Waals surface area contributed by atoms with Crippen molar-refractivity contribution >= 4 is 34.9 Å². The minimum Gasteiger partial charge on any atom is -0.493 e. The molecule has 0 aliphatic carbocycles. The molecule has 1 saturated heterocycles. The molecule has 1 amide bonds. The molecule has 1 N–H and O–H groups in total. The number of rotatable bonds is 5. The number of carbonyl (C=O) groups is 2. The van der Waals surface area contributed by atoms with Gasteiger partial charge in [-0.3, -0.25) is 4.79 Å². The van der Waals surface area contributed by atoms with E-state index in [4.69, 9.17) is 26.4 Å². The van der Waals surface area contributed by atoms with E-state index >= 15 is 0 Å². The number of benzene rings is 2. The molecule has 174 valence electrons. The number of methoxy groups -OCH3 is 2. The van der Waals surface area contributed by atoms with Crippen LogP contribution in [0.5, 0.6) is 11.5 Å². The number of fused-ring (bicyclic) bond motifs is 3. The lowest BCUT2D eigenvalue weighted by atomic mass is 9.90. The molecule has 33 heavy (non-hydrogen) atoms. The van der Waals surface area contributed by atoms with E-state index in [0.29, 0.717) is 41.9 Å². The van der Waals surface area contributed by atoms with Crippen LogP contribution in [0.2, 0.25) is 0 Å². The van der Waals surface area contributed by atoms with Crippen molar-refractivity contribution in [2.24, 2.45) is 0 Å². The van der Waals surface area contributed by atoms with Crippen molar-refractivity contribution in [1.82, 2.24) is 9.80 Å². The molecule has 2 aromatic carbocycles. The first-order valence-corrected chi connectivity index (χ1v) is 11.2. The number of amides is 1. The minimum absolute atomic E-state index is 0.0356. The van der Waals surface area contributed by atoms with Gasteiger partial charge in [0, 0.05) is 18.8 Å². The van der Waals surface area contributed by atoms with Gasteiger partial charge < -0.3 is 29.3 Å². The van der Waals surface area contributed by atoms with Gasteiger partial charge in [-0.05, 0) is 73.1 Å². The van der Waals surface area contributed by atoms with Crippen LogP contribution in [0.25, 0.3) is 0 Å². The molecule has 1 atom stereocenters. The number of nitrogens with zero attached hydrogens (tertiary/aromatic N) is 2. The summed E-state index contributed by atoms with van der Waals surface area (Å²) < 4.78 is 16.0. The normalized spacial score (nSPS) is 17.1. The van der Waals surface area contributed by atoms with E-state index in [1.165, 1.54) is 0 Å². The largest absolute Gasteiger partial charge is 0.493 e. The summed E-state index contributed by atoms with van der Waals surface area (Å²) in [5.41, 5.74) is 3.41. The topological polar surface area (TPSA) is 80.3 Å². The lowest BCUT2D eigenvalue weighted by molar-refractivity contribution is -0.138. The summed E-state index contributed by atoms with van der Waals surface area (Å²) in [6.07, 6.45) is 0.771. The van der Waals surface area contributed by atoms with Gasteiger partial charge in [0.05, 0.1) is 39.0 Å². The number of piperazine rings is 1. The molecule has 2 aromatic rings. The Balaban J connectivity index is 1.51. The fourth-order valence-corrected chi connectivity index (χ4v) is 4.57. The number of anilines is 1. The van der Waals surface area contributed by atoms with Gasteiger partial charge >= 0.3 is 5.97 Å². The van der Waals surface area contributed by atoms with Gasteiger partial charge in [0.15, 0.2) is 16.6 Å². The summed E-state index contributed by atoms with van der Waals surface area (Å²) in [5, 5.41) is 3.64. The molecule has 0 saturated carbocycles.